The molecule has 1 fully saturated rings. The topological polar surface area (TPSA) is 76.9 Å². The molecule has 3 heterocycles. The van der Waals surface area contributed by atoms with Gasteiger partial charge in [0.05, 0.1) is 11.4 Å². The van der Waals surface area contributed by atoms with E-state index in [9.17, 15) is 9.59 Å². The molecule has 8 heteroatoms. The minimum atomic E-state index is -0.626. The van der Waals surface area contributed by atoms with E-state index in [1.807, 2.05) is 0 Å². The Labute approximate surface area is 193 Å². The Morgan fingerprint density at radius 1 is 1.03 bits per heavy atom. The predicted molar refractivity (Wildman–Crippen MR) is 123 cm³/mol. The molecule has 33 heavy (non-hydrogen) atoms. The molecule has 0 spiro atoms. The lowest BCUT2D eigenvalue weighted by Gasteiger charge is -2.36. The first-order valence-corrected chi connectivity index (χ1v) is 11.8. The molecule has 1 saturated heterocycles. The third-order valence-electron chi connectivity index (χ3n) is 6.72. The van der Waals surface area contributed by atoms with E-state index in [0.717, 1.165) is 87.5 Å². The molecule has 0 saturated carbocycles. The molecule has 2 aromatic rings. The molecule has 5 rings (SSSR count). The Bertz CT molecular complexity index is 1050. The third-order valence-corrected chi connectivity index (χ3v) is 6.72. The van der Waals surface area contributed by atoms with Crippen molar-refractivity contribution in [3.8, 4) is 0 Å². The average molecular weight is 451 g/mol. The second-order valence-corrected chi connectivity index (χ2v) is 9.01. The summed E-state index contributed by atoms with van der Waals surface area (Å²) in [6.45, 7) is 7.13. The maximum atomic E-state index is 12.1. The summed E-state index contributed by atoms with van der Waals surface area (Å²) in [6.07, 6.45) is 5.98. The van der Waals surface area contributed by atoms with Gasteiger partial charge >= 0.3 is 11.9 Å². The van der Waals surface area contributed by atoms with Gasteiger partial charge in [0.2, 0.25) is 0 Å². The van der Waals surface area contributed by atoms with Gasteiger partial charge in [-0.15, -0.1) is 5.10 Å². The summed E-state index contributed by atoms with van der Waals surface area (Å²) in [7, 11) is 0. The van der Waals surface area contributed by atoms with Gasteiger partial charge in [0.25, 0.3) is 0 Å². The van der Waals surface area contributed by atoms with Crippen molar-refractivity contribution in [3.05, 3.63) is 58.9 Å². The van der Waals surface area contributed by atoms with Gasteiger partial charge in [-0.05, 0) is 57.7 Å². The monoisotopic (exact) mass is 450 g/mol. The molecule has 1 atom stereocenters. The summed E-state index contributed by atoms with van der Waals surface area (Å²) < 4.78 is 5.65. The van der Waals surface area contributed by atoms with Crippen molar-refractivity contribution in [1.29, 1.82) is 0 Å². The summed E-state index contributed by atoms with van der Waals surface area (Å²) in [5.41, 5.74) is 5.22. The third kappa shape index (κ3) is 4.80. The number of ether oxygens (including phenoxy) is 1. The van der Waals surface area contributed by atoms with Crippen LogP contribution in [-0.4, -0.2) is 59.5 Å². The van der Waals surface area contributed by atoms with Crippen LogP contribution in [0.25, 0.3) is 0 Å². The number of carbonyl (C=O) groups excluding carboxylic acids is 2. The lowest BCUT2D eigenvalue weighted by Crippen LogP contribution is -2.46. The number of fused-ring (bicyclic) bond motifs is 1. The van der Waals surface area contributed by atoms with Gasteiger partial charge in [-0.1, -0.05) is 22.5 Å². The second-order valence-electron chi connectivity index (χ2n) is 9.01. The maximum absolute atomic E-state index is 12.1. The molecule has 1 aliphatic carbocycles. The van der Waals surface area contributed by atoms with E-state index in [1.54, 1.807) is 0 Å². The number of rotatable bonds is 5. The number of piperazine rings is 1. The highest BCUT2D eigenvalue weighted by Crippen LogP contribution is 2.35. The lowest BCUT2D eigenvalue weighted by molar-refractivity contribution is -0.146. The van der Waals surface area contributed by atoms with Crippen molar-refractivity contribution in [1.82, 2.24) is 14.8 Å². The molecule has 2 aliphatic heterocycles. The predicted octanol–water partition coefficient (Wildman–Crippen LogP) is 2.39. The fourth-order valence-electron chi connectivity index (χ4n) is 4.96. The van der Waals surface area contributed by atoms with E-state index in [4.69, 9.17) is 9.57 Å². The van der Waals surface area contributed by atoms with E-state index in [0.29, 0.717) is 6.42 Å². The minimum Gasteiger partial charge on any atom is -0.454 e. The molecule has 1 aromatic carbocycles. The van der Waals surface area contributed by atoms with Crippen molar-refractivity contribution in [2.45, 2.75) is 45.1 Å². The zero-order chi connectivity index (χ0) is 22.8. The molecule has 1 aromatic heterocycles. The van der Waals surface area contributed by atoms with E-state index in [2.05, 4.69) is 46.1 Å². The van der Waals surface area contributed by atoms with Crippen molar-refractivity contribution in [2.75, 3.05) is 37.6 Å². The maximum Gasteiger partial charge on any atom is 0.358 e. The summed E-state index contributed by atoms with van der Waals surface area (Å²) >= 11 is 0. The Morgan fingerprint density at radius 2 is 1.79 bits per heavy atom. The molecule has 1 unspecified atom stereocenters. The highest BCUT2D eigenvalue weighted by Gasteiger charge is 2.32. The lowest BCUT2D eigenvalue weighted by atomic mass is 9.91. The summed E-state index contributed by atoms with van der Waals surface area (Å²) in [5, 5.41) is 4.53. The van der Waals surface area contributed by atoms with Crippen molar-refractivity contribution in [2.24, 2.45) is 0 Å². The Kier molecular flexibility index (Phi) is 6.17. The highest BCUT2D eigenvalue weighted by molar-refractivity contribution is 5.92. The number of hydrogen-bond donors (Lipinski definition) is 0. The van der Waals surface area contributed by atoms with E-state index in [1.165, 1.54) is 16.1 Å². The van der Waals surface area contributed by atoms with Crippen LogP contribution >= 0.6 is 0 Å². The molecule has 3 aliphatic rings. The molecule has 8 nitrogen and oxygen atoms in total. The van der Waals surface area contributed by atoms with E-state index in [-0.39, 0.29) is 6.10 Å². The average Bonchev–Trinajstić information content (AvgIpc) is 3.16. The molecule has 2 bridgehead atoms. The number of nitrogens with zero attached hydrogens (tertiary/aromatic N) is 4. The van der Waals surface area contributed by atoms with E-state index < -0.39 is 11.9 Å². The van der Waals surface area contributed by atoms with Gasteiger partial charge < -0.3 is 14.5 Å². The van der Waals surface area contributed by atoms with Crippen molar-refractivity contribution < 1.29 is 19.2 Å². The Balaban J connectivity index is 1.23. The second kappa shape index (κ2) is 9.39. The van der Waals surface area contributed by atoms with Crippen LogP contribution in [0.2, 0.25) is 0 Å². The Hall–Kier alpha value is -3.13. The van der Waals surface area contributed by atoms with Crippen LogP contribution in [0.4, 0.5) is 5.69 Å². The number of carbonyl (C=O) groups is 2. The van der Waals surface area contributed by atoms with Crippen molar-refractivity contribution in [3.63, 3.8) is 0 Å². The standard InChI is InChI=1S/C25H30N4O4/c1-18-7-9-19(10-8-18)28-16-14-27(15-17-28)13-3-5-21-25-20-4-2-6-22(25)32-23(30)11-12-24(31)33-29(21)26-20/h7-12,22H,2-6,13-17H2,1H3/b12-11-. The van der Waals surface area contributed by atoms with Crippen LogP contribution in [0.3, 0.4) is 0 Å². The SMILES string of the molecule is Cc1ccc(N2CCN(CCCc3c4c5nn3OC(=O)/C=C\C(=O)OC4CCC5)CC2)cc1. The fraction of sp³-hybridized carbons (Fsp3) is 0.480. The van der Waals surface area contributed by atoms with Gasteiger partial charge in [0.1, 0.15) is 6.10 Å². The first kappa shape index (κ1) is 21.7. The molecule has 0 amide bonds. The quantitative estimate of drug-likeness (QED) is 0.648. The van der Waals surface area contributed by atoms with Crippen LogP contribution in [0.15, 0.2) is 36.4 Å². The Morgan fingerprint density at radius 3 is 2.58 bits per heavy atom. The van der Waals surface area contributed by atoms with Gasteiger partial charge in [-0.2, -0.15) is 0 Å². The van der Waals surface area contributed by atoms with Crippen LogP contribution in [-0.2, 0) is 27.2 Å². The number of aryl methyl sites for hydroxylation is 2. The van der Waals surface area contributed by atoms with Gasteiger partial charge in [-0.25, -0.2) is 9.59 Å². The number of aromatic nitrogens is 2. The van der Waals surface area contributed by atoms with E-state index >= 15 is 0 Å². The zero-order valence-electron chi connectivity index (χ0n) is 19.0. The molecular weight excluding hydrogens is 420 g/mol. The first-order valence-electron chi connectivity index (χ1n) is 11.8. The van der Waals surface area contributed by atoms with Crippen LogP contribution in [0.5, 0.6) is 0 Å². The van der Waals surface area contributed by atoms with Crippen molar-refractivity contribution >= 4 is 17.6 Å². The number of hydrogen-bond acceptors (Lipinski definition) is 7. The summed E-state index contributed by atoms with van der Waals surface area (Å²) in [5.74, 6) is -1.14. The van der Waals surface area contributed by atoms with Crippen LogP contribution < -0.4 is 9.74 Å². The largest absolute Gasteiger partial charge is 0.454 e. The summed E-state index contributed by atoms with van der Waals surface area (Å²) in [6, 6.07) is 8.73. The summed E-state index contributed by atoms with van der Waals surface area (Å²) in [4.78, 5) is 35.9. The highest BCUT2D eigenvalue weighted by atomic mass is 16.7. The molecular formula is C25H30N4O4. The van der Waals surface area contributed by atoms with Crippen LogP contribution in [0.1, 0.15) is 47.9 Å². The van der Waals surface area contributed by atoms with Gasteiger partial charge in [-0.3, -0.25) is 4.90 Å². The fourth-order valence-corrected chi connectivity index (χ4v) is 4.96. The van der Waals surface area contributed by atoms with Gasteiger partial charge in [0, 0.05) is 49.6 Å². The number of esters is 1. The number of anilines is 1. The molecule has 174 valence electrons. The molecule has 0 N–H and O–H groups in total. The molecule has 0 radical (unpaired) electrons. The zero-order valence-corrected chi connectivity index (χ0v) is 19.0. The first-order chi connectivity index (χ1) is 16.1. The number of benzene rings is 1. The van der Waals surface area contributed by atoms with Crippen LogP contribution in [0, 0.1) is 6.92 Å². The normalized spacial score (nSPS) is 22.0. The smallest absolute Gasteiger partial charge is 0.358 e. The minimum absolute atomic E-state index is 0.329. The van der Waals surface area contributed by atoms with Gasteiger partial charge in [0.15, 0.2) is 0 Å².